The maximum Gasteiger partial charge on any atom is 0.248 e. The maximum absolute atomic E-state index is 13.3. The molecule has 118 valence electrons. The zero-order valence-corrected chi connectivity index (χ0v) is 13.0. The van der Waals surface area contributed by atoms with Crippen molar-refractivity contribution >= 4 is 0 Å². The standard InChI is InChI=1S/C17H31F2N/c1-3-5-6-7-8-9-16(20-14-4-2)15-10-12-17(18,19)13-11-15/h3,15-16,20H,1,4-14H2,2H3. The Hall–Kier alpha value is -0.440. The summed E-state index contributed by atoms with van der Waals surface area (Å²) in [4.78, 5) is 0. The highest BCUT2D eigenvalue weighted by molar-refractivity contribution is 4.85. The molecule has 0 heterocycles. The predicted molar refractivity (Wildman–Crippen MR) is 82.3 cm³/mol. The molecule has 1 N–H and O–H groups in total. The van der Waals surface area contributed by atoms with Crippen LogP contribution >= 0.6 is 0 Å². The van der Waals surface area contributed by atoms with Crippen LogP contribution in [0.1, 0.15) is 71.1 Å². The SMILES string of the molecule is C=CCCCCCC(NCCC)C1CCC(F)(F)CC1. The van der Waals surface area contributed by atoms with Gasteiger partial charge in [-0.15, -0.1) is 6.58 Å². The topological polar surface area (TPSA) is 12.0 Å². The van der Waals surface area contributed by atoms with E-state index in [0.717, 1.165) is 25.8 Å². The molecule has 1 aliphatic rings. The lowest BCUT2D eigenvalue weighted by molar-refractivity contribution is -0.0499. The zero-order valence-electron chi connectivity index (χ0n) is 13.0. The summed E-state index contributed by atoms with van der Waals surface area (Å²) in [6.07, 6.45) is 10.4. The lowest BCUT2D eigenvalue weighted by atomic mass is 9.80. The van der Waals surface area contributed by atoms with Crippen LogP contribution in [0.25, 0.3) is 0 Å². The summed E-state index contributed by atoms with van der Waals surface area (Å²) in [5, 5.41) is 3.59. The molecule has 0 saturated heterocycles. The van der Waals surface area contributed by atoms with E-state index in [2.05, 4.69) is 18.8 Å². The summed E-state index contributed by atoms with van der Waals surface area (Å²) >= 11 is 0. The third kappa shape index (κ3) is 6.83. The van der Waals surface area contributed by atoms with Gasteiger partial charge in [0.25, 0.3) is 0 Å². The van der Waals surface area contributed by atoms with Crippen molar-refractivity contribution in [2.75, 3.05) is 6.54 Å². The molecule has 0 spiro atoms. The van der Waals surface area contributed by atoms with Crippen molar-refractivity contribution in [1.82, 2.24) is 5.32 Å². The van der Waals surface area contributed by atoms with E-state index >= 15 is 0 Å². The first kappa shape index (κ1) is 17.6. The van der Waals surface area contributed by atoms with Crippen LogP contribution in [-0.4, -0.2) is 18.5 Å². The second-order valence-corrected chi connectivity index (χ2v) is 6.18. The van der Waals surface area contributed by atoms with Crippen molar-refractivity contribution in [2.24, 2.45) is 5.92 Å². The van der Waals surface area contributed by atoms with Crippen LogP contribution in [0, 0.1) is 5.92 Å². The second-order valence-electron chi connectivity index (χ2n) is 6.18. The van der Waals surface area contributed by atoms with E-state index in [4.69, 9.17) is 0 Å². The molecule has 1 saturated carbocycles. The molecule has 1 nitrogen and oxygen atoms in total. The first-order valence-electron chi connectivity index (χ1n) is 8.31. The Morgan fingerprint density at radius 1 is 1.25 bits per heavy atom. The summed E-state index contributed by atoms with van der Waals surface area (Å²) in [5.41, 5.74) is 0. The van der Waals surface area contributed by atoms with Crippen molar-refractivity contribution in [3.63, 3.8) is 0 Å². The summed E-state index contributed by atoms with van der Waals surface area (Å²) in [6.45, 7) is 6.90. The van der Waals surface area contributed by atoms with Crippen molar-refractivity contribution in [3.8, 4) is 0 Å². The molecule has 0 amide bonds. The van der Waals surface area contributed by atoms with Crippen molar-refractivity contribution in [3.05, 3.63) is 12.7 Å². The van der Waals surface area contributed by atoms with Gasteiger partial charge in [-0.25, -0.2) is 8.78 Å². The average Bonchev–Trinajstić information content (AvgIpc) is 2.42. The Morgan fingerprint density at radius 3 is 2.55 bits per heavy atom. The van der Waals surface area contributed by atoms with Gasteiger partial charge >= 0.3 is 0 Å². The molecule has 0 radical (unpaired) electrons. The first-order chi connectivity index (χ1) is 9.59. The number of hydrogen-bond donors (Lipinski definition) is 1. The fraction of sp³-hybridized carbons (Fsp3) is 0.882. The van der Waals surface area contributed by atoms with E-state index in [1.807, 2.05) is 6.08 Å². The zero-order chi connectivity index (χ0) is 14.8. The lowest BCUT2D eigenvalue weighted by Gasteiger charge is -2.34. The normalized spacial score (nSPS) is 20.8. The molecule has 0 bridgehead atoms. The molecule has 1 atom stereocenters. The summed E-state index contributed by atoms with van der Waals surface area (Å²) < 4.78 is 26.5. The minimum Gasteiger partial charge on any atom is -0.314 e. The molecule has 3 heteroatoms. The van der Waals surface area contributed by atoms with Gasteiger partial charge in [0.05, 0.1) is 0 Å². The van der Waals surface area contributed by atoms with E-state index < -0.39 is 5.92 Å². The van der Waals surface area contributed by atoms with Crippen LogP contribution in [0.5, 0.6) is 0 Å². The molecule has 0 aromatic rings. The number of allylic oxidation sites excluding steroid dienone is 1. The number of unbranched alkanes of at least 4 members (excludes halogenated alkanes) is 3. The number of halogens is 2. The summed E-state index contributed by atoms with van der Waals surface area (Å²) in [7, 11) is 0. The largest absolute Gasteiger partial charge is 0.314 e. The van der Waals surface area contributed by atoms with Crippen molar-refractivity contribution in [2.45, 2.75) is 83.1 Å². The molecule has 0 aromatic heterocycles. The van der Waals surface area contributed by atoms with Gasteiger partial charge in [0.1, 0.15) is 0 Å². The van der Waals surface area contributed by atoms with Gasteiger partial charge in [0.2, 0.25) is 5.92 Å². The number of rotatable bonds is 10. The van der Waals surface area contributed by atoms with Gasteiger partial charge in [0, 0.05) is 18.9 Å². The molecule has 0 aliphatic heterocycles. The van der Waals surface area contributed by atoms with E-state index in [-0.39, 0.29) is 12.8 Å². The minimum atomic E-state index is -2.41. The van der Waals surface area contributed by atoms with Crippen LogP contribution < -0.4 is 5.32 Å². The van der Waals surface area contributed by atoms with Gasteiger partial charge in [-0.3, -0.25) is 0 Å². The smallest absolute Gasteiger partial charge is 0.248 e. The number of alkyl halides is 2. The fourth-order valence-electron chi connectivity index (χ4n) is 3.13. The van der Waals surface area contributed by atoms with Gasteiger partial charge in [-0.2, -0.15) is 0 Å². The molecule has 1 aliphatic carbocycles. The minimum absolute atomic E-state index is 0.0818. The van der Waals surface area contributed by atoms with Gasteiger partial charge in [0.15, 0.2) is 0 Å². The van der Waals surface area contributed by atoms with Crippen molar-refractivity contribution in [1.29, 1.82) is 0 Å². The molecule has 1 rings (SSSR count). The Kier molecular flexibility index (Phi) is 8.35. The van der Waals surface area contributed by atoms with E-state index in [1.54, 1.807) is 0 Å². The molecule has 1 fully saturated rings. The lowest BCUT2D eigenvalue weighted by Crippen LogP contribution is -2.40. The highest BCUT2D eigenvalue weighted by Crippen LogP contribution is 2.38. The molecule has 0 aromatic carbocycles. The van der Waals surface area contributed by atoms with E-state index in [0.29, 0.717) is 24.8 Å². The summed E-state index contributed by atoms with van der Waals surface area (Å²) in [5.74, 6) is -1.96. The summed E-state index contributed by atoms with van der Waals surface area (Å²) in [6, 6.07) is 0.440. The van der Waals surface area contributed by atoms with Gasteiger partial charge in [-0.1, -0.05) is 25.8 Å². The predicted octanol–water partition coefficient (Wildman–Crippen LogP) is 5.32. The van der Waals surface area contributed by atoms with Gasteiger partial charge < -0.3 is 5.32 Å². The van der Waals surface area contributed by atoms with E-state index in [1.165, 1.54) is 19.3 Å². The highest BCUT2D eigenvalue weighted by atomic mass is 19.3. The first-order valence-corrected chi connectivity index (χ1v) is 8.31. The quantitative estimate of drug-likeness (QED) is 0.424. The van der Waals surface area contributed by atoms with E-state index in [9.17, 15) is 8.78 Å². The second kappa shape index (κ2) is 9.49. The van der Waals surface area contributed by atoms with Crippen LogP contribution in [0.3, 0.4) is 0 Å². The monoisotopic (exact) mass is 287 g/mol. The fourth-order valence-corrected chi connectivity index (χ4v) is 3.13. The molecular weight excluding hydrogens is 256 g/mol. The maximum atomic E-state index is 13.3. The van der Waals surface area contributed by atoms with Crippen LogP contribution in [0.2, 0.25) is 0 Å². The van der Waals surface area contributed by atoms with Crippen LogP contribution in [0.4, 0.5) is 8.78 Å². The number of hydrogen-bond acceptors (Lipinski definition) is 1. The molecule has 20 heavy (non-hydrogen) atoms. The number of nitrogens with one attached hydrogen (secondary N) is 1. The Morgan fingerprint density at radius 2 is 1.95 bits per heavy atom. The molecule has 1 unspecified atom stereocenters. The van der Waals surface area contributed by atoms with Crippen molar-refractivity contribution < 1.29 is 8.78 Å². The van der Waals surface area contributed by atoms with Crippen LogP contribution in [-0.2, 0) is 0 Å². The highest BCUT2D eigenvalue weighted by Gasteiger charge is 2.37. The third-order valence-corrected chi connectivity index (χ3v) is 4.41. The van der Waals surface area contributed by atoms with Crippen LogP contribution in [0.15, 0.2) is 12.7 Å². The molecular formula is C17H31F2N. The van der Waals surface area contributed by atoms with Gasteiger partial charge in [-0.05, 0) is 51.0 Å². The Labute approximate surface area is 123 Å². The Bertz CT molecular complexity index is 256. The average molecular weight is 287 g/mol. The Balaban J connectivity index is 2.33. The third-order valence-electron chi connectivity index (χ3n) is 4.41.